The van der Waals surface area contributed by atoms with Gasteiger partial charge < -0.3 is 24.8 Å². The van der Waals surface area contributed by atoms with Crippen LogP contribution in [-0.2, 0) is 17.6 Å². The average Bonchev–Trinajstić information content (AvgIpc) is 2.79. The van der Waals surface area contributed by atoms with Crippen molar-refractivity contribution in [3.05, 3.63) is 65.4 Å². The summed E-state index contributed by atoms with van der Waals surface area (Å²) in [5, 5.41) is 15.0. The topological polar surface area (TPSA) is 92.6 Å². The van der Waals surface area contributed by atoms with Crippen molar-refractivity contribution in [3.8, 4) is 23.3 Å². The van der Waals surface area contributed by atoms with Crippen LogP contribution in [0.1, 0.15) is 11.1 Å². The van der Waals surface area contributed by atoms with Crippen LogP contribution in [0.25, 0.3) is 0 Å². The van der Waals surface area contributed by atoms with Crippen molar-refractivity contribution in [2.45, 2.75) is 12.8 Å². The second-order valence-corrected chi connectivity index (χ2v) is 6.42. The molecule has 0 heterocycles. The van der Waals surface area contributed by atoms with E-state index in [1.54, 1.807) is 21.3 Å². The summed E-state index contributed by atoms with van der Waals surface area (Å²) in [6.45, 7) is 1.01. The third-order valence-electron chi connectivity index (χ3n) is 4.48. The Labute approximate surface area is 177 Å². The SMILES string of the molecule is COc1ccc(CCN/C=C(/C#N)C(=O)NCCc2ccc(OC)c(OC)c2)cc1. The predicted octanol–water partition coefficient (Wildman–Crippen LogP) is 2.61. The van der Waals surface area contributed by atoms with Crippen molar-refractivity contribution in [1.82, 2.24) is 10.6 Å². The van der Waals surface area contributed by atoms with Gasteiger partial charge in [0.15, 0.2) is 11.5 Å². The van der Waals surface area contributed by atoms with Crippen LogP contribution < -0.4 is 24.8 Å². The van der Waals surface area contributed by atoms with E-state index in [-0.39, 0.29) is 5.57 Å². The van der Waals surface area contributed by atoms with Gasteiger partial charge >= 0.3 is 0 Å². The lowest BCUT2D eigenvalue weighted by Gasteiger charge is -2.10. The Morgan fingerprint density at radius 3 is 2.23 bits per heavy atom. The van der Waals surface area contributed by atoms with Gasteiger partial charge in [-0.25, -0.2) is 0 Å². The molecule has 2 aromatic carbocycles. The van der Waals surface area contributed by atoms with E-state index >= 15 is 0 Å². The van der Waals surface area contributed by atoms with Crippen LogP contribution in [0.5, 0.6) is 17.2 Å². The lowest BCUT2D eigenvalue weighted by atomic mass is 10.1. The van der Waals surface area contributed by atoms with Crippen molar-refractivity contribution in [2.24, 2.45) is 0 Å². The number of methoxy groups -OCH3 is 3. The number of amides is 1. The van der Waals surface area contributed by atoms with Crippen LogP contribution in [0.15, 0.2) is 54.2 Å². The molecular weight excluding hydrogens is 382 g/mol. The van der Waals surface area contributed by atoms with Gasteiger partial charge in [0.2, 0.25) is 0 Å². The fraction of sp³-hybridized carbons (Fsp3) is 0.304. The Hall–Kier alpha value is -3.66. The predicted molar refractivity (Wildman–Crippen MR) is 115 cm³/mol. The van der Waals surface area contributed by atoms with Gasteiger partial charge in [-0.3, -0.25) is 4.79 Å². The molecule has 158 valence electrons. The van der Waals surface area contributed by atoms with Crippen LogP contribution >= 0.6 is 0 Å². The molecule has 2 aromatic rings. The maximum absolute atomic E-state index is 12.2. The largest absolute Gasteiger partial charge is 0.497 e. The molecular formula is C23H27N3O4. The summed E-state index contributed by atoms with van der Waals surface area (Å²) in [6, 6.07) is 15.3. The fourth-order valence-electron chi connectivity index (χ4n) is 2.78. The Bertz CT molecular complexity index is 902. The van der Waals surface area contributed by atoms with E-state index < -0.39 is 5.91 Å². The van der Waals surface area contributed by atoms with Gasteiger partial charge in [0.25, 0.3) is 5.91 Å². The number of nitrogens with zero attached hydrogens (tertiary/aromatic N) is 1. The van der Waals surface area contributed by atoms with Gasteiger partial charge in [-0.2, -0.15) is 5.26 Å². The van der Waals surface area contributed by atoms with E-state index in [2.05, 4.69) is 10.6 Å². The first-order valence-electron chi connectivity index (χ1n) is 9.57. The number of carbonyl (C=O) groups excluding carboxylic acids is 1. The number of nitriles is 1. The molecule has 2 rings (SSSR count). The highest BCUT2D eigenvalue weighted by Crippen LogP contribution is 2.27. The van der Waals surface area contributed by atoms with Crippen molar-refractivity contribution in [2.75, 3.05) is 34.4 Å². The third-order valence-corrected chi connectivity index (χ3v) is 4.48. The molecule has 7 nitrogen and oxygen atoms in total. The van der Waals surface area contributed by atoms with Gasteiger partial charge in [0.1, 0.15) is 17.4 Å². The zero-order valence-electron chi connectivity index (χ0n) is 17.5. The van der Waals surface area contributed by atoms with Crippen LogP contribution in [0.2, 0.25) is 0 Å². The number of ether oxygens (including phenoxy) is 3. The van der Waals surface area contributed by atoms with Crippen LogP contribution in [0, 0.1) is 11.3 Å². The van der Waals surface area contributed by atoms with Gasteiger partial charge in [0.05, 0.1) is 21.3 Å². The van der Waals surface area contributed by atoms with E-state index in [4.69, 9.17) is 14.2 Å². The highest BCUT2D eigenvalue weighted by Gasteiger charge is 2.09. The second kappa shape index (κ2) is 12.0. The molecule has 0 aliphatic carbocycles. The summed E-state index contributed by atoms with van der Waals surface area (Å²) in [6.07, 6.45) is 2.82. The van der Waals surface area contributed by atoms with E-state index in [1.807, 2.05) is 48.5 Å². The first-order valence-corrected chi connectivity index (χ1v) is 9.57. The molecule has 0 unspecified atom stereocenters. The summed E-state index contributed by atoms with van der Waals surface area (Å²) in [5.41, 5.74) is 2.17. The molecule has 0 saturated heterocycles. The zero-order chi connectivity index (χ0) is 21.8. The van der Waals surface area contributed by atoms with Gasteiger partial charge in [-0.15, -0.1) is 0 Å². The monoisotopic (exact) mass is 409 g/mol. The third kappa shape index (κ3) is 6.74. The number of hydrogen-bond donors (Lipinski definition) is 2. The fourth-order valence-corrected chi connectivity index (χ4v) is 2.78. The maximum atomic E-state index is 12.2. The number of nitrogens with one attached hydrogen (secondary N) is 2. The molecule has 0 aliphatic rings. The van der Waals surface area contributed by atoms with E-state index in [9.17, 15) is 10.1 Å². The Morgan fingerprint density at radius 1 is 0.933 bits per heavy atom. The van der Waals surface area contributed by atoms with Crippen LogP contribution in [0.3, 0.4) is 0 Å². The van der Waals surface area contributed by atoms with Crippen LogP contribution in [0.4, 0.5) is 0 Å². The quantitative estimate of drug-likeness (QED) is 0.337. The summed E-state index contributed by atoms with van der Waals surface area (Å²) in [4.78, 5) is 12.2. The normalized spacial score (nSPS) is 10.7. The minimum absolute atomic E-state index is 0.0389. The Kier molecular flexibility index (Phi) is 9.07. The van der Waals surface area contributed by atoms with Gasteiger partial charge in [-0.1, -0.05) is 18.2 Å². The molecule has 0 atom stereocenters. The molecule has 1 amide bonds. The van der Waals surface area contributed by atoms with E-state index in [0.717, 1.165) is 23.3 Å². The number of hydrogen-bond acceptors (Lipinski definition) is 6. The summed E-state index contributed by atoms with van der Waals surface area (Å²) in [7, 11) is 4.79. The highest BCUT2D eigenvalue weighted by molar-refractivity contribution is 5.97. The molecule has 0 saturated carbocycles. The minimum Gasteiger partial charge on any atom is -0.497 e. The molecule has 0 aliphatic heterocycles. The molecule has 0 radical (unpaired) electrons. The minimum atomic E-state index is -0.407. The molecule has 2 N–H and O–H groups in total. The Morgan fingerprint density at radius 2 is 1.60 bits per heavy atom. The molecule has 30 heavy (non-hydrogen) atoms. The van der Waals surface area contributed by atoms with Gasteiger partial charge in [0, 0.05) is 19.3 Å². The average molecular weight is 409 g/mol. The molecule has 7 heteroatoms. The number of benzene rings is 2. The van der Waals surface area contributed by atoms with Crippen molar-refractivity contribution in [1.29, 1.82) is 5.26 Å². The highest BCUT2D eigenvalue weighted by atomic mass is 16.5. The Balaban J connectivity index is 1.79. The second-order valence-electron chi connectivity index (χ2n) is 6.42. The van der Waals surface area contributed by atoms with Crippen LogP contribution in [-0.4, -0.2) is 40.3 Å². The molecule has 0 bridgehead atoms. The maximum Gasteiger partial charge on any atom is 0.263 e. The number of carbonyl (C=O) groups is 1. The molecule has 0 fully saturated rings. The van der Waals surface area contributed by atoms with Crippen molar-refractivity contribution < 1.29 is 19.0 Å². The van der Waals surface area contributed by atoms with E-state index in [1.165, 1.54) is 6.20 Å². The molecule has 0 aromatic heterocycles. The molecule has 0 spiro atoms. The summed E-state index contributed by atoms with van der Waals surface area (Å²) in [5.74, 6) is 1.69. The lowest BCUT2D eigenvalue weighted by molar-refractivity contribution is -0.117. The standard InChI is InChI=1S/C23H27N3O4/c1-28-20-7-4-17(5-8-20)10-12-25-16-19(15-24)23(27)26-13-11-18-6-9-21(29-2)22(14-18)30-3/h4-9,14,16,25H,10-13H2,1-3H3,(H,26,27)/b19-16-. The first kappa shape index (κ1) is 22.6. The lowest BCUT2D eigenvalue weighted by Crippen LogP contribution is -2.28. The van der Waals surface area contributed by atoms with E-state index in [0.29, 0.717) is 31.0 Å². The summed E-state index contributed by atoms with van der Waals surface area (Å²) < 4.78 is 15.6. The van der Waals surface area contributed by atoms with Gasteiger partial charge in [-0.05, 0) is 48.2 Å². The number of rotatable bonds is 11. The smallest absolute Gasteiger partial charge is 0.263 e. The van der Waals surface area contributed by atoms with Crippen molar-refractivity contribution in [3.63, 3.8) is 0 Å². The summed E-state index contributed by atoms with van der Waals surface area (Å²) >= 11 is 0. The first-order chi connectivity index (χ1) is 14.6. The van der Waals surface area contributed by atoms with Crippen molar-refractivity contribution >= 4 is 5.91 Å². The zero-order valence-corrected chi connectivity index (χ0v) is 17.5.